The molecule has 3 atom stereocenters. The Bertz CT molecular complexity index is 358. The fourth-order valence-corrected chi connectivity index (χ4v) is 4.15. The standard InChI is InChI=1S/C12H17NO3/c14-10-12-6-2-1-4-9(12)8-11(15-16-12)5-3-7-13(10)11/h9H,1-8H2/t9-,11-,12+/m0/s1. The predicted octanol–water partition coefficient (Wildman–Crippen LogP) is 1.60. The molecule has 2 bridgehead atoms. The quantitative estimate of drug-likeness (QED) is 0.585. The molecule has 16 heavy (non-hydrogen) atoms. The van der Waals surface area contributed by atoms with Gasteiger partial charge in [-0.3, -0.25) is 4.79 Å². The molecule has 5 fully saturated rings. The van der Waals surface area contributed by atoms with Crippen LogP contribution in [-0.2, 0) is 14.6 Å². The molecule has 1 saturated carbocycles. The second-order valence-corrected chi connectivity index (χ2v) is 5.71. The number of carbonyl (C=O) groups is 1. The molecule has 2 spiro atoms. The Labute approximate surface area is 94.8 Å². The molecule has 4 heterocycles. The number of nitrogens with zero attached hydrogens (tertiary/aromatic N) is 1. The van der Waals surface area contributed by atoms with Crippen molar-refractivity contribution in [1.82, 2.24) is 4.90 Å². The molecule has 4 heteroatoms. The summed E-state index contributed by atoms with van der Waals surface area (Å²) in [6, 6.07) is 0. The van der Waals surface area contributed by atoms with E-state index < -0.39 is 5.60 Å². The first-order chi connectivity index (χ1) is 7.77. The minimum atomic E-state index is -0.607. The molecule has 4 nitrogen and oxygen atoms in total. The maximum absolute atomic E-state index is 12.5. The first-order valence-corrected chi connectivity index (χ1v) is 6.46. The van der Waals surface area contributed by atoms with E-state index in [4.69, 9.17) is 9.78 Å². The van der Waals surface area contributed by atoms with E-state index in [9.17, 15) is 4.79 Å². The van der Waals surface area contributed by atoms with Gasteiger partial charge in [-0.15, -0.1) is 0 Å². The number of amides is 1. The van der Waals surface area contributed by atoms with Gasteiger partial charge in [-0.1, -0.05) is 6.42 Å². The van der Waals surface area contributed by atoms with Gasteiger partial charge in [0.2, 0.25) is 0 Å². The van der Waals surface area contributed by atoms with Gasteiger partial charge in [0, 0.05) is 25.3 Å². The number of rotatable bonds is 0. The highest BCUT2D eigenvalue weighted by molar-refractivity contribution is 5.88. The summed E-state index contributed by atoms with van der Waals surface area (Å²) in [5, 5.41) is 0. The second kappa shape index (κ2) is 2.79. The van der Waals surface area contributed by atoms with E-state index in [-0.39, 0.29) is 11.6 Å². The Balaban J connectivity index is 1.81. The highest BCUT2D eigenvalue weighted by Crippen LogP contribution is 2.56. The van der Waals surface area contributed by atoms with Crippen molar-refractivity contribution >= 4 is 5.91 Å². The van der Waals surface area contributed by atoms with E-state index in [1.165, 1.54) is 6.42 Å². The van der Waals surface area contributed by atoms with Gasteiger partial charge >= 0.3 is 0 Å². The van der Waals surface area contributed by atoms with E-state index >= 15 is 0 Å². The van der Waals surface area contributed by atoms with Crippen molar-refractivity contribution in [3.63, 3.8) is 0 Å². The summed E-state index contributed by atoms with van der Waals surface area (Å²) in [6.07, 6.45) is 7.31. The van der Waals surface area contributed by atoms with E-state index in [1.807, 2.05) is 4.90 Å². The number of piperidine rings is 1. The van der Waals surface area contributed by atoms with Gasteiger partial charge in [0.1, 0.15) is 0 Å². The van der Waals surface area contributed by atoms with Crippen LogP contribution in [0, 0.1) is 5.92 Å². The molecule has 0 radical (unpaired) electrons. The van der Waals surface area contributed by atoms with Crippen LogP contribution in [0.15, 0.2) is 0 Å². The van der Waals surface area contributed by atoms with E-state index in [2.05, 4.69) is 0 Å². The molecule has 5 rings (SSSR count). The molecule has 0 aromatic heterocycles. The van der Waals surface area contributed by atoms with Crippen molar-refractivity contribution in [3.05, 3.63) is 0 Å². The molecule has 0 aromatic carbocycles. The van der Waals surface area contributed by atoms with Crippen LogP contribution in [0.1, 0.15) is 44.9 Å². The van der Waals surface area contributed by atoms with Gasteiger partial charge in [-0.2, -0.15) is 0 Å². The Morgan fingerprint density at radius 3 is 3.06 bits per heavy atom. The van der Waals surface area contributed by atoms with Crippen LogP contribution >= 0.6 is 0 Å². The van der Waals surface area contributed by atoms with Crippen LogP contribution in [0.25, 0.3) is 0 Å². The molecule has 0 aromatic rings. The van der Waals surface area contributed by atoms with Crippen LogP contribution in [0.2, 0.25) is 0 Å². The normalized spacial score (nSPS) is 50.4. The van der Waals surface area contributed by atoms with Gasteiger partial charge in [0.15, 0.2) is 11.3 Å². The largest absolute Gasteiger partial charge is 0.309 e. The average molecular weight is 223 g/mol. The Kier molecular flexibility index (Phi) is 1.65. The van der Waals surface area contributed by atoms with E-state index in [1.54, 1.807) is 0 Å². The molecule has 1 aliphatic carbocycles. The van der Waals surface area contributed by atoms with Crippen LogP contribution in [0.5, 0.6) is 0 Å². The summed E-state index contributed by atoms with van der Waals surface area (Å²) in [4.78, 5) is 25.7. The summed E-state index contributed by atoms with van der Waals surface area (Å²) in [6.45, 7) is 0.858. The smallest absolute Gasteiger partial charge is 0.260 e. The number of fused-ring (bicyclic) bond motifs is 1. The van der Waals surface area contributed by atoms with Crippen molar-refractivity contribution in [2.75, 3.05) is 6.54 Å². The minimum absolute atomic E-state index is 0.215. The van der Waals surface area contributed by atoms with Crippen molar-refractivity contribution < 1.29 is 14.6 Å². The molecule has 4 aliphatic heterocycles. The molecule has 5 aliphatic rings. The number of hydrogen-bond acceptors (Lipinski definition) is 3. The minimum Gasteiger partial charge on any atom is -0.309 e. The van der Waals surface area contributed by atoms with Crippen molar-refractivity contribution in [2.24, 2.45) is 5.92 Å². The Morgan fingerprint density at radius 1 is 1.19 bits per heavy atom. The summed E-state index contributed by atoms with van der Waals surface area (Å²) in [5.74, 6) is 0.615. The van der Waals surface area contributed by atoms with Crippen LogP contribution < -0.4 is 0 Å². The van der Waals surface area contributed by atoms with Crippen LogP contribution in [0.4, 0.5) is 0 Å². The topological polar surface area (TPSA) is 38.8 Å². The molecule has 0 unspecified atom stereocenters. The van der Waals surface area contributed by atoms with Crippen molar-refractivity contribution in [3.8, 4) is 0 Å². The predicted molar refractivity (Wildman–Crippen MR) is 55.2 cm³/mol. The van der Waals surface area contributed by atoms with Gasteiger partial charge in [0.05, 0.1) is 0 Å². The maximum Gasteiger partial charge on any atom is 0.260 e. The molecular formula is C12H17NO3. The molecule has 4 saturated heterocycles. The third kappa shape index (κ3) is 0.878. The number of hydrogen-bond donors (Lipinski definition) is 0. The zero-order valence-electron chi connectivity index (χ0n) is 9.41. The highest BCUT2D eigenvalue weighted by Gasteiger charge is 2.68. The van der Waals surface area contributed by atoms with Gasteiger partial charge in [-0.05, 0) is 25.7 Å². The number of carbonyl (C=O) groups excluding carboxylic acids is 1. The molecule has 88 valence electrons. The highest BCUT2D eigenvalue weighted by atomic mass is 17.2. The zero-order valence-corrected chi connectivity index (χ0v) is 9.41. The van der Waals surface area contributed by atoms with E-state index in [0.29, 0.717) is 5.92 Å². The van der Waals surface area contributed by atoms with Crippen LogP contribution in [-0.4, -0.2) is 28.7 Å². The first kappa shape index (κ1) is 9.42. The fraction of sp³-hybridized carbons (Fsp3) is 0.917. The third-order valence-corrected chi connectivity index (χ3v) is 4.97. The maximum atomic E-state index is 12.5. The lowest BCUT2D eigenvalue weighted by Gasteiger charge is -2.58. The second-order valence-electron chi connectivity index (χ2n) is 5.71. The zero-order chi connectivity index (χ0) is 10.8. The first-order valence-electron chi connectivity index (χ1n) is 6.46. The summed E-state index contributed by atoms with van der Waals surface area (Å²) >= 11 is 0. The van der Waals surface area contributed by atoms with Gasteiger partial charge < -0.3 is 4.90 Å². The summed E-state index contributed by atoms with van der Waals surface area (Å²) in [5.41, 5.74) is -0.995. The lowest BCUT2D eigenvalue weighted by Crippen LogP contribution is -2.72. The average Bonchev–Trinajstić information content (AvgIpc) is 2.73. The summed E-state index contributed by atoms with van der Waals surface area (Å²) in [7, 11) is 0. The Hall–Kier alpha value is -0.610. The molecule has 1 amide bonds. The van der Waals surface area contributed by atoms with Crippen molar-refractivity contribution in [1.29, 1.82) is 0 Å². The van der Waals surface area contributed by atoms with Crippen LogP contribution in [0.3, 0.4) is 0 Å². The third-order valence-electron chi connectivity index (χ3n) is 4.97. The molecular weight excluding hydrogens is 206 g/mol. The lowest BCUT2D eigenvalue weighted by atomic mass is 9.67. The molecule has 0 N–H and O–H groups in total. The SMILES string of the molecule is O=C1N2CCC[C@]23C[C@@H]2CCCC[C@]12OO3. The van der Waals surface area contributed by atoms with Gasteiger partial charge in [0.25, 0.3) is 5.91 Å². The lowest BCUT2D eigenvalue weighted by molar-refractivity contribution is -0.488. The fourth-order valence-electron chi connectivity index (χ4n) is 4.15. The monoisotopic (exact) mass is 223 g/mol. The summed E-state index contributed by atoms with van der Waals surface area (Å²) < 4.78 is 0. The van der Waals surface area contributed by atoms with E-state index in [0.717, 1.165) is 45.1 Å². The van der Waals surface area contributed by atoms with Gasteiger partial charge in [-0.25, -0.2) is 9.78 Å². The van der Waals surface area contributed by atoms with Crippen molar-refractivity contribution in [2.45, 2.75) is 56.3 Å². The Morgan fingerprint density at radius 2 is 2.12 bits per heavy atom.